The van der Waals surface area contributed by atoms with E-state index < -0.39 is 16.6 Å². The van der Waals surface area contributed by atoms with E-state index in [0.29, 0.717) is 22.3 Å². The normalized spacial score (nSPS) is 10.6. The van der Waals surface area contributed by atoms with E-state index in [-0.39, 0.29) is 11.4 Å². The van der Waals surface area contributed by atoms with Crippen LogP contribution in [0.1, 0.15) is 5.56 Å². The molecule has 120 valence electrons. The molecule has 0 saturated heterocycles. The second kappa shape index (κ2) is 6.16. The number of benzene rings is 2. The van der Waals surface area contributed by atoms with Gasteiger partial charge in [0, 0.05) is 22.9 Å². The Hall–Kier alpha value is -3.15. The van der Waals surface area contributed by atoms with E-state index in [9.17, 15) is 18.9 Å². The molecule has 0 unspecified atom stereocenters. The molecule has 0 spiro atoms. The molecule has 24 heavy (non-hydrogen) atoms. The average Bonchev–Trinajstić information content (AvgIpc) is 2.54. The average molecular weight is 326 g/mol. The maximum atomic E-state index is 13.4. The molecule has 0 aliphatic carbocycles. The number of aromatic nitrogens is 1. The van der Waals surface area contributed by atoms with Crippen molar-refractivity contribution in [2.45, 2.75) is 6.92 Å². The maximum absolute atomic E-state index is 13.4. The van der Waals surface area contributed by atoms with Crippen LogP contribution in [0.15, 0.2) is 54.7 Å². The fourth-order valence-electron chi connectivity index (χ4n) is 2.61. The second-order valence-electron chi connectivity index (χ2n) is 5.27. The van der Waals surface area contributed by atoms with E-state index in [2.05, 4.69) is 4.98 Å². The van der Waals surface area contributed by atoms with Crippen LogP contribution in [-0.2, 0) is 0 Å². The van der Waals surface area contributed by atoms with Crippen molar-refractivity contribution in [3.05, 3.63) is 82.0 Å². The van der Waals surface area contributed by atoms with Crippen molar-refractivity contribution < 1.29 is 13.7 Å². The summed E-state index contributed by atoms with van der Waals surface area (Å²) in [6, 6.07) is 11.2. The molecule has 0 N–H and O–H groups in total. The number of pyridine rings is 1. The van der Waals surface area contributed by atoms with Crippen molar-refractivity contribution in [3.8, 4) is 22.4 Å². The lowest BCUT2D eigenvalue weighted by Crippen LogP contribution is -2.00. The fraction of sp³-hybridized carbons (Fsp3) is 0.0556. The van der Waals surface area contributed by atoms with Crippen LogP contribution in [0.5, 0.6) is 0 Å². The van der Waals surface area contributed by atoms with Gasteiger partial charge >= 0.3 is 0 Å². The van der Waals surface area contributed by atoms with Crippen molar-refractivity contribution >= 4 is 5.69 Å². The van der Waals surface area contributed by atoms with Crippen molar-refractivity contribution in [1.29, 1.82) is 0 Å². The topological polar surface area (TPSA) is 56.0 Å². The third-order valence-corrected chi connectivity index (χ3v) is 3.72. The first-order chi connectivity index (χ1) is 11.5. The SMILES string of the molecule is Cc1c(-c2cccc(F)c2)cnc(-c2cccc(F)c2)c1[N+](=O)[O-]. The van der Waals surface area contributed by atoms with Crippen LogP contribution in [0.2, 0.25) is 0 Å². The van der Waals surface area contributed by atoms with Crippen LogP contribution in [0.3, 0.4) is 0 Å². The first-order valence-electron chi connectivity index (χ1n) is 7.13. The van der Waals surface area contributed by atoms with E-state index in [1.54, 1.807) is 19.1 Å². The standard InChI is InChI=1S/C18H12F2N2O2/c1-11-16(12-4-2-6-14(19)8-12)10-21-17(18(11)22(23)24)13-5-3-7-15(20)9-13/h2-10H,1H3. The van der Waals surface area contributed by atoms with Crippen molar-refractivity contribution in [3.63, 3.8) is 0 Å². The summed E-state index contributed by atoms with van der Waals surface area (Å²) in [6.45, 7) is 1.57. The van der Waals surface area contributed by atoms with Crippen molar-refractivity contribution in [2.75, 3.05) is 0 Å². The summed E-state index contributed by atoms with van der Waals surface area (Å²) in [4.78, 5) is 15.1. The Balaban J connectivity index is 2.24. The van der Waals surface area contributed by atoms with Crippen molar-refractivity contribution in [2.24, 2.45) is 0 Å². The zero-order valence-electron chi connectivity index (χ0n) is 12.7. The van der Waals surface area contributed by atoms with Gasteiger partial charge < -0.3 is 0 Å². The second-order valence-corrected chi connectivity index (χ2v) is 5.27. The lowest BCUT2D eigenvalue weighted by molar-refractivity contribution is -0.384. The maximum Gasteiger partial charge on any atom is 0.298 e. The van der Waals surface area contributed by atoms with E-state index in [1.807, 2.05) is 0 Å². The summed E-state index contributed by atoms with van der Waals surface area (Å²) in [6.07, 6.45) is 1.44. The Bertz CT molecular complexity index is 942. The predicted molar refractivity (Wildman–Crippen MR) is 86.4 cm³/mol. The zero-order chi connectivity index (χ0) is 17.3. The molecule has 0 radical (unpaired) electrons. The number of rotatable bonds is 3. The van der Waals surface area contributed by atoms with Gasteiger partial charge in [0.25, 0.3) is 5.69 Å². The summed E-state index contributed by atoms with van der Waals surface area (Å²) in [5.41, 5.74) is 1.48. The number of hydrogen-bond donors (Lipinski definition) is 0. The largest absolute Gasteiger partial charge is 0.298 e. The Morgan fingerprint density at radius 2 is 1.58 bits per heavy atom. The van der Waals surface area contributed by atoms with E-state index in [4.69, 9.17) is 0 Å². The summed E-state index contributed by atoms with van der Waals surface area (Å²) < 4.78 is 26.9. The first-order valence-corrected chi connectivity index (χ1v) is 7.13. The van der Waals surface area contributed by atoms with Crippen LogP contribution < -0.4 is 0 Å². The van der Waals surface area contributed by atoms with Crippen LogP contribution in [0.25, 0.3) is 22.4 Å². The summed E-state index contributed by atoms with van der Waals surface area (Å²) in [5, 5.41) is 11.5. The Morgan fingerprint density at radius 3 is 2.17 bits per heavy atom. The fourth-order valence-corrected chi connectivity index (χ4v) is 2.61. The smallest absolute Gasteiger partial charge is 0.258 e. The summed E-state index contributed by atoms with van der Waals surface area (Å²) in [5.74, 6) is -0.945. The molecule has 1 heterocycles. The van der Waals surface area contributed by atoms with Gasteiger partial charge in [-0.2, -0.15) is 0 Å². The van der Waals surface area contributed by atoms with Gasteiger partial charge in [-0.1, -0.05) is 24.3 Å². The molecule has 0 saturated carbocycles. The molecule has 4 nitrogen and oxygen atoms in total. The molecule has 0 aliphatic rings. The third-order valence-electron chi connectivity index (χ3n) is 3.72. The number of hydrogen-bond acceptors (Lipinski definition) is 3. The monoisotopic (exact) mass is 326 g/mol. The molecular formula is C18H12F2N2O2. The molecule has 2 aromatic carbocycles. The molecule has 0 aliphatic heterocycles. The Labute approximate surface area is 136 Å². The minimum atomic E-state index is -0.550. The van der Waals surface area contributed by atoms with Gasteiger partial charge in [-0.3, -0.25) is 10.1 Å². The van der Waals surface area contributed by atoms with Crippen LogP contribution in [0.4, 0.5) is 14.5 Å². The number of halogens is 2. The first kappa shape index (κ1) is 15.7. The highest BCUT2D eigenvalue weighted by molar-refractivity contribution is 5.79. The van der Waals surface area contributed by atoms with Gasteiger partial charge in [0.05, 0.1) is 4.92 Å². The quantitative estimate of drug-likeness (QED) is 0.507. The van der Waals surface area contributed by atoms with Gasteiger partial charge in [0.1, 0.15) is 17.3 Å². The molecule has 3 aromatic rings. The minimum Gasteiger partial charge on any atom is -0.258 e. The lowest BCUT2D eigenvalue weighted by atomic mass is 9.98. The van der Waals surface area contributed by atoms with E-state index in [1.165, 1.54) is 42.6 Å². The van der Waals surface area contributed by atoms with Gasteiger partial charge in [-0.15, -0.1) is 0 Å². The Kier molecular flexibility index (Phi) is 4.04. The van der Waals surface area contributed by atoms with E-state index in [0.717, 1.165) is 0 Å². The Morgan fingerprint density at radius 1 is 1.00 bits per heavy atom. The molecule has 0 fully saturated rings. The van der Waals surface area contributed by atoms with Gasteiger partial charge in [-0.05, 0) is 36.8 Å². The highest BCUT2D eigenvalue weighted by Gasteiger charge is 2.23. The number of nitro groups is 1. The highest BCUT2D eigenvalue weighted by Crippen LogP contribution is 2.36. The van der Waals surface area contributed by atoms with Crippen LogP contribution in [0, 0.1) is 28.7 Å². The summed E-state index contributed by atoms with van der Waals surface area (Å²) in [7, 11) is 0. The van der Waals surface area contributed by atoms with Crippen LogP contribution in [-0.4, -0.2) is 9.91 Å². The summed E-state index contributed by atoms with van der Waals surface area (Å²) >= 11 is 0. The van der Waals surface area contributed by atoms with Gasteiger partial charge in [-0.25, -0.2) is 13.8 Å². The van der Waals surface area contributed by atoms with Gasteiger partial charge in [0.2, 0.25) is 0 Å². The molecule has 0 amide bonds. The molecule has 1 aromatic heterocycles. The lowest BCUT2D eigenvalue weighted by Gasteiger charge is -2.10. The molecule has 6 heteroatoms. The minimum absolute atomic E-state index is 0.0807. The highest BCUT2D eigenvalue weighted by atomic mass is 19.1. The van der Waals surface area contributed by atoms with Crippen molar-refractivity contribution in [1.82, 2.24) is 4.98 Å². The van der Waals surface area contributed by atoms with E-state index >= 15 is 0 Å². The zero-order valence-corrected chi connectivity index (χ0v) is 12.7. The molecular weight excluding hydrogens is 314 g/mol. The third kappa shape index (κ3) is 2.86. The molecule has 3 rings (SSSR count). The predicted octanol–water partition coefficient (Wildman–Crippen LogP) is 4.91. The molecule has 0 bridgehead atoms. The van der Waals surface area contributed by atoms with Gasteiger partial charge in [0.15, 0.2) is 0 Å². The van der Waals surface area contributed by atoms with Crippen LogP contribution >= 0.6 is 0 Å². The number of nitrogens with zero attached hydrogens (tertiary/aromatic N) is 2. The molecule has 0 atom stereocenters.